The molecule has 1 amide bonds. The Kier molecular flexibility index (Phi) is 8.13. The predicted molar refractivity (Wildman–Crippen MR) is 125 cm³/mol. The average Bonchev–Trinajstić information content (AvgIpc) is 2.77. The van der Waals surface area contributed by atoms with Crippen molar-refractivity contribution in [2.45, 2.75) is 6.42 Å². The van der Waals surface area contributed by atoms with Gasteiger partial charge in [0, 0.05) is 6.54 Å². The maximum atomic E-state index is 12.3. The van der Waals surface area contributed by atoms with E-state index in [1.54, 1.807) is 6.07 Å². The standard InChI is InChI=1S/C24H25N3O4S/c1-32(29,30)27(16-15-20-9-4-2-5-10-20)19-24(28)26-25-18-21-11-8-14-23(17-21)31-22-12-6-3-7-13-22/h2-14,17-18H,15-16,19H2,1H3,(H,26,28). The maximum absolute atomic E-state index is 12.3. The number of benzene rings is 3. The normalized spacial score (nSPS) is 11.6. The van der Waals surface area contributed by atoms with Gasteiger partial charge in [-0.05, 0) is 41.8 Å². The van der Waals surface area contributed by atoms with Crippen LogP contribution in [0.25, 0.3) is 0 Å². The van der Waals surface area contributed by atoms with Crippen molar-refractivity contribution < 1.29 is 17.9 Å². The quantitative estimate of drug-likeness (QED) is 0.378. The summed E-state index contributed by atoms with van der Waals surface area (Å²) in [5, 5.41) is 3.94. The summed E-state index contributed by atoms with van der Waals surface area (Å²) in [6, 6.07) is 26.1. The van der Waals surface area contributed by atoms with Gasteiger partial charge in [-0.15, -0.1) is 0 Å². The SMILES string of the molecule is CS(=O)(=O)N(CCc1ccccc1)CC(=O)NN=Cc1cccc(Oc2ccccc2)c1. The molecule has 0 fully saturated rings. The van der Waals surface area contributed by atoms with Crippen molar-refractivity contribution in [3.05, 3.63) is 96.1 Å². The third-order valence-corrected chi connectivity index (χ3v) is 5.77. The van der Waals surface area contributed by atoms with Gasteiger partial charge < -0.3 is 4.74 Å². The first kappa shape index (κ1) is 23.2. The molecule has 7 nitrogen and oxygen atoms in total. The van der Waals surface area contributed by atoms with Crippen molar-refractivity contribution in [3.63, 3.8) is 0 Å². The highest BCUT2D eigenvalue weighted by molar-refractivity contribution is 7.88. The lowest BCUT2D eigenvalue weighted by molar-refractivity contribution is -0.121. The number of carbonyl (C=O) groups excluding carboxylic acids is 1. The van der Waals surface area contributed by atoms with Crippen LogP contribution >= 0.6 is 0 Å². The smallest absolute Gasteiger partial charge is 0.255 e. The van der Waals surface area contributed by atoms with Gasteiger partial charge in [-0.2, -0.15) is 9.41 Å². The molecule has 3 aromatic carbocycles. The largest absolute Gasteiger partial charge is 0.457 e. The lowest BCUT2D eigenvalue weighted by atomic mass is 10.1. The van der Waals surface area contributed by atoms with Gasteiger partial charge in [-0.25, -0.2) is 13.8 Å². The molecular weight excluding hydrogens is 426 g/mol. The van der Waals surface area contributed by atoms with E-state index < -0.39 is 15.9 Å². The van der Waals surface area contributed by atoms with Crippen LogP contribution in [0.3, 0.4) is 0 Å². The van der Waals surface area contributed by atoms with Gasteiger partial charge in [0.15, 0.2) is 0 Å². The Bertz CT molecular complexity index is 1150. The maximum Gasteiger partial charge on any atom is 0.255 e. The number of para-hydroxylation sites is 1. The Morgan fingerprint density at radius 2 is 1.62 bits per heavy atom. The van der Waals surface area contributed by atoms with Crippen LogP contribution in [0.5, 0.6) is 11.5 Å². The molecule has 32 heavy (non-hydrogen) atoms. The molecule has 0 bridgehead atoms. The number of hydrazone groups is 1. The van der Waals surface area contributed by atoms with Crippen molar-refractivity contribution in [1.29, 1.82) is 0 Å². The van der Waals surface area contributed by atoms with E-state index in [1.165, 1.54) is 6.21 Å². The molecule has 0 saturated heterocycles. The number of carbonyl (C=O) groups is 1. The Labute approximate surface area is 188 Å². The Morgan fingerprint density at radius 3 is 2.31 bits per heavy atom. The summed E-state index contributed by atoms with van der Waals surface area (Å²) in [5.74, 6) is 0.832. The average molecular weight is 452 g/mol. The number of sulfonamides is 1. The summed E-state index contributed by atoms with van der Waals surface area (Å²) in [4.78, 5) is 12.3. The molecule has 0 heterocycles. The van der Waals surface area contributed by atoms with E-state index >= 15 is 0 Å². The van der Waals surface area contributed by atoms with Crippen molar-refractivity contribution >= 4 is 22.1 Å². The zero-order chi connectivity index (χ0) is 22.8. The van der Waals surface area contributed by atoms with Crippen LogP contribution < -0.4 is 10.2 Å². The predicted octanol–water partition coefficient (Wildman–Crippen LogP) is 3.43. The van der Waals surface area contributed by atoms with Gasteiger partial charge in [0.2, 0.25) is 10.0 Å². The third kappa shape index (κ3) is 7.64. The van der Waals surface area contributed by atoms with Crippen LogP contribution in [0.1, 0.15) is 11.1 Å². The molecule has 166 valence electrons. The summed E-state index contributed by atoms with van der Waals surface area (Å²) in [5.41, 5.74) is 4.11. The second-order valence-electron chi connectivity index (χ2n) is 7.11. The Hall–Kier alpha value is -3.49. The van der Waals surface area contributed by atoms with E-state index in [1.807, 2.05) is 78.9 Å². The van der Waals surface area contributed by atoms with Crippen LogP contribution in [0.2, 0.25) is 0 Å². The molecule has 0 aromatic heterocycles. The number of rotatable bonds is 10. The lowest BCUT2D eigenvalue weighted by Crippen LogP contribution is -2.40. The summed E-state index contributed by atoms with van der Waals surface area (Å²) in [6.45, 7) is -0.0982. The van der Waals surface area contributed by atoms with Gasteiger partial charge in [0.25, 0.3) is 5.91 Å². The fourth-order valence-electron chi connectivity index (χ4n) is 2.92. The Balaban J connectivity index is 1.55. The lowest BCUT2D eigenvalue weighted by Gasteiger charge is -2.18. The van der Waals surface area contributed by atoms with Crippen LogP contribution in [0.15, 0.2) is 90.0 Å². The first-order valence-electron chi connectivity index (χ1n) is 10.0. The molecule has 0 unspecified atom stereocenters. The number of hydrogen-bond acceptors (Lipinski definition) is 5. The number of nitrogens with zero attached hydrogens (tertiary/aromatic N) is 2. The summed E-state index contributed by atoms with van der Waals surface area (Å²) < 4.78 is 31.0. The second-order valence-corrected chi connectivity index (χ2v) is 9.10. The highest BCUT2D eigenvalue weighted by Crippen LogP contribution is 2.21. The molecular formula is C24H25N3O4S. The van der Waals surface area contributed by atoms with Gasteiger partial charge in [0.1, 0.15) is 11.5 Å². The van der Waals surface area contributed by atoms with Crippen molar-refractivity contribution in [1.82, 2.24) is 9.73 Å². The molecule has 1 N–H and O–H groups in total. The van der Waals surface area contributed by atoms with Gasteiger partial charge in [-0.3, -0.25) is 4.79 Å². The second kappa shape index (κ2) is 11.2. The van der Waals surface area contributed by atoms with E-state index in [2.05, 4.69) is 10.5 Å². The first-order chi connectivity index (χ1) is 15.4. The van der Waals surface area contributed by atoms with Crippen molar-refractivity contribution in [3.8, 4) is 11.5 Å². The monoisotopic (exact) mass is 451 g/mol. The molecule has 0 spiro atoms. The van der Waals surface area contributed by atoms with Crippen molar-refractivity contribution in [2.75, 3.05) is 19.3 Å². The summed E-state index contributed by atoms with van der Waals surface area (Å²) >= 11 is 0. The molecule has 3 rings (SSSR count). The highest BCUT2D eigenvalue weighted by atomic mass is 32.2. The molecule has 0 atom stereocenters. The van der Waals surface area contributed by atoms with Gasteiger partial charge in [0.05, 0.1) is 19.0 Å². The van der Waals surface area contributed by atoms with E-state index in [0.29, 0.717) is 17.9 Å². The molecule has 0 aliphatic rings. The molecule has 3 aromatic rings. The molecule has 0 aliphatic heterocycles. The highest BCUT2D eigenvalue weighted by Gasteiger charge is 2.19. The zero-order valence-electron chi connectivity index (χ0n) is 17.7. The van der Waals surface area contributed by atoms with Crippen LogP contribution in [0, 0.1) is 0 Å². The minimum atomic E-state index is -3.54. The van der Waals surface area contributed by atoms with Crippen LogP contribution in [0.4, 0.5) is 0 Å². The zero-order valence-corrected chi connectivity index (χ0v) is 18.5. The molecule has 8 heteroatoms. The molecule has 0 aliphatic carbocycles. The number of nitrogens with one attached hydrogen (secondary N) is 1. The summed E-state index contributed by atoms with van der Waals surface area (Å²) in [7, 11) is -3.54. The summed E-state index contributed by atoms with van der Waals surface area (Å²) in [6.07, 6.45) is 3.08. The minimum Gasteiger partial charge on any atom is -0.457 e. The topological polar surface area (TPSA) is 88.1 Å². The van der Waals surface area contributed by atoms with E-state index in [-0.39, 0.29) is 13.1 Å². The van der Waals surface area contributed by atoms with E-state index in [4.69, 9.17) is 4.74 Å². The fourth-order valence-corrected chi connectivity index (χ4v) is 3.69. The number of amides is 1. The Morgan fingerprint density at radius 1 is 0.969 bits per heavy atom. The van der Waals surface area contributed by atoms with Gasteiger partial charge in [-0.1, -0.05) is 60.7 Å². The van der Waals surface area contributed by atoms with Crippen LogP contribution in [-0.4, -0.2) is 44.2 Å². The van der Waals surface area contributed by atoms with Crippen molar-refractivity contribution in [2.24, 2.45) is 5.10 Å². The molecule has 0 saturated carbocycles. The third-order valence-electron chi connectivity index (χ3n) is 4.52. The molecule has 0 radical (unpaired) electrons. The first-order valence-corrected chi connectivity index (χ1v) is 11.9. The van der Waals surface area contributed by atoms with E-state index in [0.717, 1.165) is 21.7 Å². The minimum absolute atomic E-state index is 0.207. The fraction of sp³-hybridized carbons (Fsp3) is 0.167. The van der Waals surface area contributed by atoms with Gasteiger partial charge >= 0.3 is 0 Å². The van der Waals surface area contributed by atoms with Crippen LogP contribution in [-0.2, 0) is 21.2 Å². The van der Waals surface area contributed by atoms with E-state index in [9.17, 15) is 13.2 Å². The number of ether oxygens (including phenoxy) is 1. The number of hydrogen-bond donors (Lipinski definition) is 1.